The summed E-state index contributed by atoms with van der Waals surface area (Å²) in [6, 6.07) is 11.2. The van der Waals surface area contributed by atoms with Crippen molar-refractivity contribution >= 4 is 11.6 Å². The number of nitrogens with zero attached hydrogens (tertiary/aromatic N) is 1. The minimum Gasteiger partial charge on any atom is -0.493 e. The molecular weight excluding hydrogens is 358 g/mol. The van der Waals surface area contributed by atoms with Gasteiger partial charge in [0.2, 0.25) is 0 Å². The SMILES string of the molecule is COc1ccc(CCNC(=O)c2cncc(NCc3ccco3)c2)cc1OC. The second kappa shape index (κ2) is 9.45. The van der Waals surface area contributed by atoms with Crippen LogP contribution in [0.1, 0.15) is 21.7 Å². The number of rotatable bonds is 9. The van der Waals surface area contributed by atoms with Gasteiger partial charge in [0.15, 0.2) is 11.5 Å². The van der Waals surface area contributed by atoms with E-state index < -0.39 is 0 Å². The number of amides is 1. The Morgan fingerprint density at radius 2 is 1.96 bits per heavy atom. The van der Waals surface area contributed by atoms with E-state index in [4.69, 9.17) is 13.9 Å². The van der Waals surface area contributed by atoms with Crippen LogP contribution in [-0.2, 0) is 13.0 Å². The molecule has 7 heteroatoms. The smallest absolute Gasteiger partial charge is 0.252 e. The first-order valence-electron chi connectivity index (χ1n) is 8.90. The number of benzene rings is 1. The number of pyridine rings is 1. The second-order valence-electron chi connectivity index (χ2n) is 6.09. The number of methoxy groups -OCH3 is 2. The minimum absolute atomic E-state index is 0.172. The summed E-state index contributed by atoms with van der Waals surface area (Å²) in [5, 5.41) is 6.10. The van der Waals surface area contributed by atoms with Crippen LogP contribution in [0, 0.1) is 0 Å². The number of hydrogen-bond donors (Lipinski definition) is 2. The molecule has 0 saturated carbocycles. The van der Waals surface area contributed by atoms with Crippen LogP contribution in [0.2, 0.25) is 0 Å². The zero-order valence-electron chi connectivity index (χ0n) is 15.9. The molecule has 3 aromatic rings. The van der Waals surface area contributed by atoms with Gasteiger partial charge in [-0.2, -0.15) is 0 Å². The van der Waals surface area contributed by atoms with Crippen LogP contribution in [0.4, 0.5) is 5.69 Å². The number of carbonyl (C=O) groups excluding carboxylic acids is 1. The van der Waals surface area contributed by atoms with Crippen LogP contribution in [-0.4, -0.2) is 31.7 Å². The molecule has 0 aliphatic carbocycles. The van der Waals surface area contributed by atoms with Crippen LogP contribution >= 0.6 is 0 Å². The van der Waals surface area contributed by atoms with Gasteiger partial charge < -0.3 is 24.5 Å². The molecular formula is C21H23N3O4. The summed E-state index contributed by atoms with van der Waals surface area (Å²) >= 11 is 0. The number of ether oxygens (including phenoxy) is 2. The van der Waals surface area contributed by atoms with Crippen LogP contribution in [0.5, 0.6) is 11.5 Å². The zero-order valence-corrected chi connectivity index (χ0v) is 15.9. The topological polar surface area (TPSA) is 85.6 Å². The molecule has 0 saturated heterocycles. The van der Waals surface area contributed by atoms with Crippen molar-refractivity contribution in [2.45, 2.75) is 13.0 Å². The minimum atomic E-state index is -0.172. The van der Waals surface area contributed by atoms with Gasteiger partial charge in [-0.3, -0.25) is 9.78 Å². The van der Waals surface area contributed by atoms with E-state index in [1.165, 1.54) is 0 Å². The molecule has 1 amide bonds. The lowest BCUT2D eigenvalue weighted by Crippen LogP contribution is -2.25. The fourth-order valence-corrected chi connectivity index (χ4v) is 2.72. The first-order chi connectivity index (χ1) is 13.7. The Morgan fingerprint density at radius 3 is 2.71 bits per heavy atom. The molecule has 2 aromatic heterocycles. The summed E-state index contributed by atoms with van der Waals surface area (Å²) in [6.07, 6.45) is 5.51. The van der Waals surface area contributed by atoms with Gasteiger partial charge in [-0.15, -0.1) is 0 Å². The Balaban J connectivity index is 1.52. The van der Waals surface area contributed by atoms with E-state index in [-0.39, 0.29) is 5.91 Å². The Morgan fingerprint density at radius 1 is 1.11 bits per heavy atom. The van der Waals surface area contributed by atoms with Crippen molar-refractivity contribution in [2.24, 2.45) is 0 Å². The lowest BCUT2D eigenvalue weighted by atomic mass is 10.1. The Labute approximate surface area is 163 Å². The van der Waals surface area contributed by atoms with E-state index in [9.17, 15) is 4.79 Å². The number of nitrogens with one attached hydrogen (secondary N) is 2. The predicted octanol–water partition coefficient (Wildman–Crippen LogP) is 3.28. The Hall–Kier alpha value is -3.48. The van der Waals surface area contributed by atoms with Crippen molar-refractivity contribution in [2.75, 3.05) is 26.1 Å². The van der Waals surface area contributed by atoms with Gasteiger partial charge in [0.25, 0.3) is 5.91 Å². The number of carbonyl (C=O) groups is 1. The molecule has 28 heavy (non-hydrogen) atoms. The molecule has 3 rings (SSSR count). The van der Waals surface area contributed by atoms with Crippen molar-refractivity contribution in [3.05, 3.63) is 71.9 Å². The van der Waals surface area contributed by atoms with Gasteiger partial charge in [0.1, 0.15) is 5.76 Å². The van der Waals surface area contributed by atoms with E-state index in [1.54, 1.807) is 38.9 Å². The van der Waals surface area contributed by atoms with Crippen molar-refractivity contribution in [1.29, 1.82) is 0 Å². The molecule has 0 aliphatic rings. The van der Waals surface area contributed by atoms with E-state index in [0.717, 1.165) is 17.0 Å². The number of furan rings is 1. The molecule has 7 nitrogen and oxygen atoms in total. The summed E-state index contributed by atoms with van der Waals surface area (Å²) in [7, 11) is 3.20. The lowest BCUT2D eigenvalue weighted by molar-refractivity contribution is 0.0954. The molecule has 0 aliphatic heterocycles. The third-order valence-electron chi connectivity index (χ3n) is 4.19. The van der Waals surface area contributed by atoms with Gasteiger partial charge in [-0.1, -0.05) is 6.07 Å². The van der Waals surface area contributed by atoms with Crippen LogP contribution < -0.4 is 20.1 Å². The molecule has 2 N–H and O–H groups in total. The van der Waals surface area contributed by atoms with Crippen molar-refractivity contribution in [3.8, 4) is 11.5 Å². The van der Waals surface area contributed by atoms with E-state index >= 15 is 0 Å². The third-order valence-corrected chi connectivity index (χ3v) is 4.19. The van der Waals surface area contributed by atoms with E-state index in [0.29, 0.717) is 36.6 Å². The van der Waals surface area contributed by atoms with Crippen molar-refractivity contribution < 1.29 is 18.7 Å². The molecule has 146 valence electrons. The zero-order chi connectivity index (χ0) is 19.8. The monoisotopic (exact) mass is 381 g/mol. The quantitative estimate of drug-likeness (QED) is 0.592. The molecule has 0 atom stereocenters. The maximum atomic E-state index is 12.4. The largest absolute Gasteiger partial charge is 0.493 e. The van der Waals surface area contributed by atoms with Gasteiger partial charge >= 0.3 is 0 Å². The van der Waals surface area contributed by atoms with Crippen LogP contribution in [0.3, 0.4) is 0 Å². The first kappa shape index (κ1) is 19.3. The highest BCUT2D eigenvalue weighted by atomic mass is 16.5. The maximum absolute atomic E-state index is 12.4. The van der Waals surface area contributed by atoms with Gasteiger partial charge in [-0.25, -0.2) is 0 Å². The highest BCUT2D eigenvalue weighted by Crippen LogP contribution is 2.27. The van der Waals surface area contributed by atoms with Crippen molar-refractivity contribution in [3.63, 3.8) is 0 Å². The summed E-state index contributed by atoms with van der Waals surface area (Å²) < 4.78 is 15.8. The molecule has 0 bridgehead atoms. The highest BCUT2D eigenvalue weighted by Gasteiger charge is 2.08. The normalized spacial score (nSPS) is 10.4. The third kappa shape index (κ3) is 5.03. The van der Waals surface area contributed by atoms with Gasteiger partial charge in [0.05, 0.1) is 38.3 Å². The second-order valence-corrected chi connectivity index (χ2v) is 6.09. The summed E-state index contributed by atoms with van der Waals surface area (Å²) in [6.45, 7) is 1.03. The summed E-state index contributed by atoms with van der Waals surface area (Å²) in [5.74, 6) is 1.99. The molecule has 0 fully saturated rings. The summed E-state index contributed by atoms with van der Waals surface area (Å²) in [4.78, 5) is 16.5. The molecule has 0 radical (unpaired) electrons. The number of anilines is 1. The Bertz CT molecular complexity index is 910. The standard InChI is InChI=1S/C21H23N3O4/c1-26-19-6-5-15(10-20(19)27-2)7-8-23-21(25)16-11-17(13-22-12-16)24-14-18-4-3-9-28-18/h3-6,9-13,24H,7-8,14H2,1-2H3,(H,23,25). The van der Waals surface area contributed by atoms with Crippen LogP contribution in [0.15, 0.2) is 59.5 Å². The Kier molecular flexibility index (Phi) is 6.51. The average molecular weight is 381 g/mol. The van der Waals surface area contributed by atoms with Gasteiger partial charge in [0, 0.05) is 18.9 Å². The van der Waals surface area contributed by atoms with E-state index in [1.807, 2.05) is 30.3 Å². The maximum Gasteiger partial charge on any atom is 0.252 e. The van der Waals surface area contributed by atoms with Crippen molar-refractivity contribution in [1.82, 2.24) is 10.3 Å². The summed E-state index contributed by atoms with van der Waals surface area (Å²) in [5.41, 5.74) is 2.30. The van der Waals surface area contributed by atoms with Gasteiger partial charge in [-0.05, 0) is 42.3 Å². The molecule has 0 spiro atoms. The van der Waals surface area contributed by atoms with Crippen LogP contribution in [0.25, 0.3) is 0 Å². The number of hydrogen-bond acceptors (Lipinski definition) is 6. The molecule has 2 heterocycles. The average Bonchev–Trinajstić information content (AvgIpc) is 3.26. The molecule has 0 unspecified atom stereocenters. The number of aromatic nitrogens is 1. The lowest BCUT2D eigenvalue weighted by Gasteiger charge is -2.10. The highest BCUT2D eigenvalue weighted by molar-refractivity contribution is 5.94. The first-order valence-corrected chi connectivity index (χ1v) is 8.90. The fourth-order valence-electron chi connectivity index (χ4n) is 2.72. The van der Waals surface area contributed by atoms with E-state index in [2.05, 4.69) is 15.6 Å². The fraction of sp³-hybridized carbons (Fsp3) is 0.238. The predicted molar refractivity (Wildman–Crippen MR) is 106 cm³/mol. The molecule has 1 aromatic carbocycles.